The molecule has 0 amide bonds. The third-order valence-electron chi connectivity index (χ3n) is 9.10. The highest BCUT2D eigenvalue weighted by Gasteiger charge is 2.53. The maximum Gasteiger partial charge on any atom is 0.137 e. The van der Waals surface area contributed by atoms with Gasteiger partial charge in [-0.2, -0.15) is 0 Å². The molecule has 200 valence electrons. The smallest absolute Gasteiger partial charge is 0.137 e. The molecular formula is C35H37F2N2+. The zero-order valence-corrected chi connectivity index (χ0v) is 22.5. The number of halogens is 2. The summed E-state index contributed by atoms with van der Waals surface area (Å²) in [6, 6.07) is 33.7. The van der Waals surface area contributed by atoms with Crippen LogP contribution in [0.3, 0.4) is 0 Å². The van der Waals surface area contributed by atoms with E-state index in [9.17, 15) is 8.78 Å². The quantitative estimate of drug-likeness (QED) is 0.233. The van der Waals surface area contributed by atoms with Crippen LogP contribution in [0.5, 0.6) is 0 Å². The minimum atomic E-state index is -0.232. The lowest BCUT2D eigenvalue weighted by Gasteiger charge is -2.39. The minimum Gasteiger partial charge on any atom is -0.317 e. The van der Waals surface area contributed by atoms with Crippen molar-refractivity contribution in [1.82, 2.24) is 9.80 Å². The van der Waals surface area contributed by atoms with Gasteiger partial charge in [-0.25, -0.2) is 8.78 Å². The van der Waals surface area contributed by atoms with Crippen molar-refractivity contribution < 1.29 is 8.78 Å². The molecule has 2 nitrogen and oxygen atoms in total. The molecule has 2 heterocycles. The molecule has 0 aromatic heterocycles. The average molecular weight is 524 g/mol. The van der Waals surface area contributed by atoms with Crippen LogP contribution in [-0.4, -0.2) is 26.2 Å². The highest BCUT2D eigenvalue weighted by molar-refractivity contribution is 5.60. The fraction of sp³-hybridized carbons (Fsp3) is 0.314. The maximum atomic E-state index is 13.8. The van der Waals surface area contributed by atoms with Crippen LogP contribution in [0.25, 0.3) is 0 Å². The summed E-state index contributed by atoms with van der Waals surface area (Å²) in [7, 11) is 0. The SMILES string of the molecule is Fc1ccc(C(CCC[N+]2(Cc3ccccc3)CC3(CCNCC3)c3ccccc32)c2ccc(F)cc2)cc1. The molecular weight excluding hydrogens is 486 g/mol. The number of nitrogens with one attached hydrogen (secondary N) is 1. The van der Waals surface area contributed by atoms with Gasteiger partial charge in [0.2, 0.25) is 0 Å². The number of hydrogen-bond acceptors (Lipinski definition) is 1. The van der Waals surface area contributed by atoms with E-state index in [1.807, 2.05) is 24.3 Å². The molecule has 2 aliphatic rings. The fourth-order valence-corrected chi connectivity index (χ4v) is 7.28. The van der Waals surface area contributed by atoms with Crippen molar-refractivity contribution in [3.8, 4) is 0 Å². The monoisotopic (exact) mass is 523 g/mol. The van der Waals surface area contributed by atoms with E-state index in [4.69, 9.17) is 0 Å². The van der Waals surface area contributed by atoms with Crippen LogP contribution in [0.1, 0.15) is 53.9 Å². The molecule has 1 atom stereocenters. The number of quaternary nitrogens is 1. The normalized spacial score (nSPS) is 19.9. The summed E-state index contributed by atoms with van der Waals surface area (Å²) in [5.41, 5.74) is 6.75. The first kappa shape index (κ1) is 25.9. The molecule has 1 unspecified atom stereocenters. The zero-order chi connectivity index (χ0) is 26.7. The van der Waals surface area contributed by atoms with Gasteiger partial charge in [0, 0.05) is 17.0 Å². The highest BCUT2D eigenvalue weighted by Crippen LogP contribution is 2.51. The van der Waals surface area contributed by atoms with E-state index in [2.05, 4.69) is 59.9 Å². The third kappa shape index (κ3) is 5.28. The molecule has 1 N–H and O–H groups in total. The highest BCUT2D eigenvalue weighted by atomic mass is 19.1. The zero-order valence-electron chi connectivity index (χ0n) is 22.5. The van der Waals surface area contributed by atoms with Gasteiger partial charge in [0.25, 0.3) is 0 Å². The number of rotatable bonds is 8. The van der Waals surface area contributed by atoms with Crippen LogP contribution in [-0.2, 0) is 12.0 Å². The lowest BCUT2D eigenvalue weighted by Crippen LogP contribution is -2.53. The predicted molar refractivity (Wildman–Crippen MR) is 156 cm³/mol. The van der Waals surface area contributed by atoms with Gasteiger partial charge in [-0.1, -0.05) is 72.8 Å². The van der Waals surface area contributed by atoms with Crippen LogP contribution < -0.4 is 9.80 Å². The molecule has 4 aromatic rings. The first-order valence-electron chi connectivity index (χ1n) is 14.3. The Bertz CT molecular complexity index is 1330. The second kappa shape index (κ2) is 11.0. The van der Waals surface area contributed by atoms with Crippen molar-refractivity contribution in [3.63, 3.8) is 0 Å². The number of para-hydroxylation sites is 1. The summed E-state index contributed by atoms with van der Waals surface area (Å²) in [5, 5.41) is 3.59. The molecule has 4 aromatic carbocycles. The first-order chi connectivity index (χ1) is 19.1. The second-order valence-electron chi connectivity index (χ2n) is 11.5. The Morgan fingerprint density at radius 1 is 0.718 bits per heavy atom. The molecule has 0 radical (unpaired) electrons. The summed E-state index contributed by atoms with van der Waals surface area (Å²) in [4.78, 5) is 0. The number of piperidine rings is 1. The van der Waals surface area contributed by atoms with Crippen LogP contribution in [0, 0.1) is 11.6 Å². The van der Waals surface area contributed by atoms with Crippen molar-refractivity contribution in [1.29, 1.82) is 0 Å². The summed E-state index contributed by atoms with van der Waals surface area (Å²) < 4.78 is 28.5. The van der Waals surface area contributed by atoms with Crippen LogP contribution in [0.15, 0.2) is 103 Å². The molecule has 2 aliphatic heterocycles. The van der Waals surface area contributed by atoms with E-state index in [1.54, 1.807) is 0 Å². The topological polar surface area (TPSA) is 12.0 Å². The van der Waals surface area contributed by atoms with Gasteiger partial charge in [-0.05, 0) is 80.2 Å². The van der Waals surface area contributed by atoms with Crippen molar-refractivity contribution in [2.75, 3.05) is 26.2 Å². The Labute approximate surface area is 230 Å². The average Bonchev–Trinajstić information content (AvgIpc) is 3.22. The Morgan fingerprint density at radius 2 is 1.31 bits per heavy atom. The largest absolute Gasteiger partial charge is 0.317 e. The van der Waals surface area contributed by atoms with Gasteiger partial charge in [0.1, 0.15) is 23.9 Å². The van der Waals surface area contributed by atoms with Crippen LogP contribution >= 0.6 is 0 Å². The summed E-state index contributed by atoms with van der Waals surface area (Å²) in [5.74, 6) is -0.372. The van der Waals surface area contributed by atoms with Gasteiger partial charge >= 0.3 is 0 Å². The van der Waals surface area contributed by atoms with Gasteiger partial charge in [-0.15, -0.1) is 0 Å². The summed E-state index contributed by atoms with van der Waals surface area (Å²) >= 11 is 0. The number of benzene rings is 4. The Balaban J connectivity index is 1.33. The fourth-order valence-electron chi connectivity index (χ4n) is 7.28. The van der Waals surface area contributed by atoms with E-state index in [0.717, 1.165) is 61.2 Å². The molecule has 4 heteroatoms. The molecule has 1 fully saturated rings. The maximum absolute atomic E-state index is 13.8. The van der Waals surface area contributed by atoms with E-state index < -0.39 is 0 Å². The van der Waals surface area contributed by atoms with Crippen molar-refractivity contribution in [3.05, 3.63) is 137 Å². The minimum absolute atomic E-state index is 0.0914. The standard InChI is InChI=1S/C35H37F2N2/c36-30-16-12-28(13-17-30)32(29-14-18-31(37)19-15-29)9-6-24-39(25-27-7-2-1-3-8-27)26-35(20-22-38-23-21-35)33-10-4-5-11-34(33)39/h1-5,7-8,10-19,32,38H,6,9,20-26H2/q+1. The Hall–Kier alpha value is -3.34. The number of nitrogens with zero attached hydrogens (tertiary/aromatic N) is 1. The van der Waals surface area contributed by atoms with E-state index in [-0.39, 0.29) is 23.0 Å². The summed E-state index contributed by atoms with van der Waals surface area (Å²) in [6.45, 7) is 5.26. The van der Waals surface area contributed by atoms with Crippen LogP contribution in [0.4, 0.5) is 14.5 Å². The number of fused-ring (bicyclic) bond motifs is 2. The van der Waals surface area contributed by atoms with Gasteiger partial charge in [0.05, 0.1) is 18.5 Å². The van der Waals surface area contributed by atoms with Gasteiger partial charge < -0.3 is 5.32 Å². The lowest BCUT2D eigenvalue weighted by atomic mass is 9.75. The molecule has 0 bridgehead atoms. The van der Waals surface area contributed by atoms with E-state index in [0.29, 0.717) is 0 Å². The first-order valence-corrected chi connectivity index (χ1v) is 14.3. The van der Waals surface area contributed by atoms with E-state index in [1.165, 1.54) is 53.9 Å². The third-order valence-corrected chi connectivity index (χ3v) is 9.10. The van der Waals surface area contributed by atoms with Gasteiger partial charge in [0.15, 0.2) is 0 Å². The van der Waals surface area contributed by atoms with Gasteiger partial charge in [-0.3, -0.25) is 4.48 Å². The predicted octanol–water partition coefficient (Wildman–Crippen LogP) is 7.72. The lowest BCUT2D eigenvalue weighted by molar-refractivity contribution is 0.201. The molecule has 6 rings (SSSR count). The molecule has 0 saturated carbocycles. The van der Waals surface area contributed by atoms with Crippen molar-refractivity contribution in [2.24, 2.45) is 0 Å². The number of hydrogen-bond donors (Lipinski definition) is 1. The van der Waals surface area contributed by atoms with E-state index >= 15 is 0 Å². The van der Waals surface area contributed by atoms with Crippen molar-refractivity contribution in [2.45, 2.75) is 43.6 Å². The summed E-state index contributed by atoms with van der Waals surface area (Å²) in [6.07, 6.45) is 4.27. The molecule has 0 aliphatic carbocycles. The molecule has 39 heavy (non-hydrogen) atoms. The Kier molecular flexibility index (Phi) is 7.33. The molecule has 1 spiro atoms. The molecule has 1 saturated heterocycles. The second-order valence-corrected chi connectivity index (χ2v) is 11.5. The Morgan fingerprint density at radius 3 is 1.95 bits per heavy atom. The van der Waals surface area contributed by atoms with Crippen molar-refractivity contribution >= 4 is 5.69 Å². The van der Waals surface area contributed by atoms with Crippen LogP contribution in [0.2, 0.25) is 0 Å².